The van der Waals surface area contributed by atoms with Gasteiger partial charge in [-0.2, -0.15) is 0 Å². The maximum Gasteiger partial charge on any atom is 0.316 e. The Morgan fingerprint density at radius 2 is 1.16 bits per heavy atom. The third-order valence-corrected chi connectivity index (χ3v) is 9.85. The average molecular weight is 595 g/mol. The van der Waals surface area contributed by atoms with Crippen LogP contribution >= 0.6 is 0 Å². The number of hydrogen-bond acceptors (Lipinski definition) is 0. The Kier molecular flexibility index (Phi) is 18.4. The quantitative estimate of drug-likeness (QED) is 0.0278. The minimum absolute atomic E-state index is 0.610. The second kappa shape index (κ2) is 21.8. The summed E-state index contributed by atoms with van der Waals surface area (Å²) in [6.45, 7) is 11.8. The lowest BCUT2D eigenvalue weighted by atomic mass is 9.93. The first-order valence-corrected chi connectivity index (χ1v) is 20.9. The van der Waals surface area contributed by atoms with Gasteiger partial charge in [0, 0.05) is 14.5 Å². The van der Waals surface area contributed by atoms with E-state index in [0.717, 1.165) is 42.4 Å². The molecule has 232 valence electrons. The van der Waals surface area contributed by atoms with Crippen LogP contribution in [0.1, 0.15) is 126 Å². The van der Waals surface area contributed by atoms with E-state index in [1.54, 1.807) is 0 Å². The summed E-state index contributed by atoms with van der Waals surface area (Å²) in [5, 5.41) is 0. The SMILES string of the molecule is CCCCCCCCCCCCCC#CC(=C=[N+]=[N-])C=C(c1ccc(CCCC)cc1)c1ccc(CC[Si](C)(C)C)cc1. The Bertz CT molecular complexity index is 1220. The van der Waals surface area contributed by atoms with Crippen LogP contribution in [-0.4, -0.2) is 18.7 Å². The smallest absolute Gasteiger partial charge is 0.316 e. The summed E-state index contributed by atoms with van der Waals surface area (Å²) in [7, 11) is -1.08. The molecule has 2 rings (SSSR count). The summed E-state index contributed by atoms with van der Waals surface area (Å²) in [4.78, 5) is 3.24. The number of nitrogens with zero attached hydrogens (tertiary/aromatic N) is 2. The number of aryl methyl sites for hydroxylation is 2. The Morgan fingerprint density at radius 3 is 1.65 bits per heavy atom. The van der Waals surface area contributed by atoms with Crippen molar-refractivity contribution in [3.63, 3.8) is 0 Å². The third-order valence-electron chi connectivity index (χ3n) is 8.10. The van der Waals surface area contributed by atoms with Crippen LogP contribution in [0.2, 0.25) is 25.7 Å². The van der Waals surface area contributed by atoms with Crippen LogP contribution in [0, 0.1) is 11.8 Å². The minimum Gasteiger partial charge on any atom is -0.348 e. The third kappa shape index (κ3) is 16.5. The van der Waals surface area contributed by atoms with Gasteiger partial charge in [-0.25, -0.2) is 0 Å². The molecule has 0 spiro atoms. The highest BCUT2D eigenvalue weighted by Gasteiger charge is 2.13. The van der Waals surface area contributed by atoms with Crippen LogP contribution in [-0.2, 0) is 12.8 Å². The van der Waals surface area contributed by atoms with E-state index in [-0.39, 0.29) is 0 Å². The van der Waals surface area contributed by atoms with E-state index < -0.39 is 8.07 Å². The van der Waals surface area contributed by atoms with Crippen LogP contribution in [0.15, 0.2) is 60.2 Å². The molecule has 0 aliphatic carbocycles. The highest BCUT2D eigenvalue weighted by molar-refractivity contribution is 6.76. The summed E-state index contributed by atoms with van der Waals surface area (Å²) in [6, 6.07) is 19.2. The molecule has 43 heavy (non-hydrogen) atoms. The van der Waals surface area contributed by atoms with Crippen molar-refractivity contribution in [2.24, 2.45) is 0 Å². The monoisotopic (exact) mass is 594 g/mol. The molecule has 0 aromatic heterocycles. The number of unbranched alkanes of at least 4 members (excludes halogenated alkanes) is 12. The van der Waals surface area contributed by atoms with Gasteiger partial charge in [0.2, 0.25) is 0 Å². The van der Waals surface area contributed by atoms with Crippen molar-refractivity contribution in [3.8, 4) is 11.8 Å². The van der Waals surface area contributed by atoms with E-state index in [1.165, 1.54) is 94.2 Å². The van der Waals surface area contributed by atoms with Gasteiger partial charge in [-0.3, -0.25) is 0 Å². The number of hydrogen-bond donors (Lipinski definition) is 0. The van der Waals surface area contributed by atoms with Gasteiger partial charge >= 0.3 is 5.87 Å². The second-order valence-corrected chi connectivity index (χ2v) is 19.0. The van der Waals surface area contributed by atoms with Gasteiger partial charge in [-0.05, 0) is 59.6 Å². The highest BCUT2D eigenvalue weighted by Crippen LogP contribution is 2.27. The van der Waals surface area contributed by atoms with E-state index in [2.05, 4.69) is 105 Å². The molecule has 0 heterocycles. The molecule has 0 saturated heterocycles. The molecule has 2 aromatic carbocycles. The minimum atomic E-state index is -1.08. The average Bonchev–Trinajstić information content (AvgIpc) is 3.00. The van der Waals surface area contributed by atoms with Crippen molar-refractivity contribution in [1.29, 1.82) is 0 Å². The second-order valence-electron chi connectivity index (χ2n) is 13.3. The van der Waals surface area contributed by atoms with Crippen molar-refractivity contribution in [1.82, 2.24) is 0 Å². The first-order valence-electron chi connectivity index (χ1n) is 17.2. The van der Waals surface area contributed by atoms with Gasteiger partial charge in [0.25, 0.3) is 0 Å². The maximum absolute atomic E-state index is 9.37. The highest BCUT2D eigenvalue weighted by atomic mass is 28.3. The zero-order valence-electron chi connectivity index (χ0n) is 28.1. The Hall–Kier alpha value is -2.88. The Labute approximate surface area is 265 Å². The lowest BCUT2D eigenvalue weighted by molar-refractivity contribution is 0.00776. The molecule has 0 atom stereocenters. The van der Waals surface area contributed by atoms with Crippen LogP contribution in [0.25, 0.3) is 11.1 Å². The van der Waals surface area contributed by atoms with Gasteiger partial charge in [0.1, 0.15) is 0 Å². The molecule has 0 bridgehead atoms. The van der Waals surface area contributed by atoms with Crippen molar-refractivity contribution in [2.45, 2.75) is 142 Å². The number of allylic oxidation sites excluding steroid dienone is 2. The standard InChI is InChI=1S/C40H58N2Si/c1-6-8-10-11-12-13-14-15-16-17-18-19-20-22-37(34-42-41)33-40(38-27-23-35(24-28-38)21-9-7-2)39-29-25-36(26-30-39)31-32-43(3,4)5/h23-30,33H,6-19,21,31-32H2,1-5H3. The van der Waals surface area contributed by atoms with Crippen LogP contribution in [0.3, 0.4) is 0 Å². The summed E-state index contributed by atoms with van der Waals surface area (Å²) < 4.78 is 0. The van der Waals surface area contributed by atoms with Crippen LogP contribution in [0.4, 0.5) is 0 Å². The van der Waals surface area contributed by atoms with E-state index in [0.29, 0.717) is 5.57 Å². The zero-order valence-corrected chi connectivity index (χ0v) is 29.1. The summed E-state index contributed by atoms with van der Waals surface area (Å²) >= 11 is 0. The first-order chi connectivity index (χ1) is 20.9. The molecule has 0 aliphatic rings. The van der Waals surface area contributed by atoms with Crippen molar-refractivity contribution in [2.75, 3.05) is 0 Å². The van der Waals surface area contributed by atoms with Crippen molar-refractivity contribution >= 4 is 19.5 Å². The molecular formula is C40H58N2Si. The van der Waals surface area contributed by atoms with Crippen LogP contribution in [0.5, 0.6) is 0 Å². The van der Waals surface area contributed by atoms with E-state index in [1.807, 2.05) is 6.08 Å². The van der Waals surface area contributed by atoms with E-state index in [4.69, 9.17) is 0 Å². The molecule has 2 nitrogen and oxygen atoms in total. The zero-order chi connectivity index (χ0) is 31.2. The molecule has 0 radical (unpaired) electrons. The molecule has 0 aliphatic heterocycles. The summed E-state index contributed by atoms with van der Waals surface area (Å²) in [6.07, 6.45) is 22.2. The molecule has 0 saturated carbocycles. The fourth-order valence-corrected chi connectivity index (χ4v) is 6.30. The lowest BCUT2D eigenvalue weighted by Crippen LogP contribution is -2.19. The molecule has 0 N–H and O–H groups in total. The molecule has 3 heteroatoms. The van der Waals surface area contributed by atoms with E-state index >= 15 is 0 Å². The molecule has 2 aromatic rings. The van der Waals surface area contributed by atoms with Gasteiger partial charge in [0.15, 0.2) is 5.57 Å². The Balaban J connectivity index is 2.09. The van der Waals surface area contributed by atoms with Gasteiger partial charge in [-0.15, -0.1) is 4.79 Å². The maximum atomic E-state index is 9.37. The van der Waals surface area contributed by atoms with Gasteiger partial charge < -0.3 is 5.53 Å². The van der Waals surface area contributed by atoms with Gasteiger partial charge in [0.05, 0.1) is 0 Å². The molecular weight excluding hydrogens is 537 g/mol. The number of benzene rings is 2. The fraction of sp³-hybridized carbons (Fsp3) is 0.550. The van der Waals surface area contributed by atoms with Crippen LogP contribution < -0.4 is 0 Å². The van der Waals surface area contributed by atoms with Gasteiger partial charge in [-0.1, -0.05) is 171 Å². The lowest BCUT2D eigenvalue weighted by Gasteiger charge is -2.16. The fourth-order valence-electron chi connectivity index (χ4n) is 5.27. The predicted octanol–water partition coefficient (Wildman–Crippen LogP) is 11.9. The largest absolute Gasteiger partial charge is 0.348 e. The normalized spacial score (nSPS) is 11.4. The van der Waals surface area contributed by atoms with E-state index in [9.17, 15) is 5.53 Å². The molecule has 0 amide bonds. The topological polar surface area (TPSA) is 36.4 Å². The predicted molar refractivity (Wildman–Crippen MR) is 191 cm³/mol. The summed E-state index contributed by atoms with van der Waals surface area (Å²) in [5.74, 6) is 9.30. The Morgan fingerprint density at radius 1 is 0.674 bits per heavy atom. The first kappa shape index (κ1) is 36.3. The van der Waals surface area contributed by atoms with Crippen molar-refractivity contribution in [3.05, 3.63) is 88.0 Å². The molecule has 0 fully saturated rings. The molecule has 0 unspecified atom stereocenters. The van der Waals surface area contributed by atoms with Crippen molar-refractivity contribution < 1.29 is 4.79 Å². The number of rotatable bonds is 20. The summed E-state index contributed by atoms with van der Waals surface area (Å²) in [5.41, 5.74) is 16.1.